The summed E-state index contributed by atoms with van der Waals surface area (Å²) in [5, 5.41) is 15.3. The molecule has 1 aliphatic carbocycles. The third-order valence-electron chi connectivity index (χ3n) is 7.91. The Morgan fingerprint density at radius 1 is 1.16 bits per heavy atom. The van der Waals surface area contributed by atoms with E-state index in [1.165, 1.54) is 22.3 Å². The number of fused-ring (bicyclic) bond motifs is 2. The molecule has 1 aromatic heterocycles. The van der Waals surface area contributed by atoms with Crippen molar-refractivity contribution in [2.45, 2.75) is 65.5 Å². The Morgan fingerprint density at radius 2 is 2.00 bits per heavy atom. The van der Waals surface area contributed by atoms with Gasteiger partial charge < -0.3 is 9.84 Å². The summed E-state index contributed by atoms with van der Waals surface area (Å²) in [7, 11) is 0. The van der Waals surface area contributed by atoms with Gasteiger partial charge in [0.15, 0.2) is 5.15 Å². The van der Waals surface area contributed by atoms with Crippen molar-refractivity contribution in [2.24, 2.45) is 5.92 Å². The average Bonchev–Trinajstić information content (AvgIpc) is 3.04. The number of allylic oxidation sites excluding steroid dienone is 1. The third kappa shape index (κ3) is 5.55. The molecule has 6 nitrogen and oxygen atoms in total. The van der Waals surface area contributed by atoms with Crippen molar-refractivity contribution in [3.05, 3.63) is 63.8 Å². The molecule has 0 bridgehead atoms. The number of hydrogen-bond donors (Lipinski definition) is 1. The van der Waals surface area contributed by atoms with Gasteiger partial charge in [0.2, 0.25) is 0 Å². The maximum atomic E-state index is 11.4. The second-order valence-corrected chi connectivity index (χ2v) is 11.1. The van der Waals surface area contributed by atoms with Crippen LogP contribution in [0.2, 0.25) is 5.15 Å². The molecule has 0 spiro atoms. The number of ether oxygens (including phenoxy) is 1. The fourth-order valence-corrected chi connectivity index (χ4v) is 5.96. The van der Waals surface area contributed by atoms with Gasteiger partial charge in [-0.15, -0.1) is 0 Å². The first-order valence-electron chi connectivity index (χ1n) is 13.4. The molecule has 1 saturated heterocycles. The number of aromatic nitrogens is 2. The zero-order valence-electron chi connectivity index (χ0n) is 22.0. The summed E-state index contributed by atoms with van der Waals surface area (Å²) < 4.78 is 8.14. The van der Waals surface area contributed by atoms with Crippen LogP contribution in [0, 0.1) is 5.92 Å². The predicted octanol–water partition coefficient (Wildman–Crippen LogP) is 6.76. The largest absolute Gasteiger partial charge is 0.489 e. The van der Waals surface area contributed by atoms with Gasteiger partial charge in [-0.3, -0.25) is 14.4 Å². The molecule has 5 rings (SSSR count). The molecule has 0 saturated carbocycles. The summed E-state index contributed by atoms with van der Waals surface area (Å²) in [6, 6.07) is 12.9. The van der Waals surface area contributed by atoms with E-state index in [4.69, 9.17) is 16.3 Å². The fraction of sp³-hybridized carbons (Fsp3) is 0.467. The number of hydrogen-bond acceptors (Lipinski definition) is 4. The Bertz CT molecular complexity index is 1340. The van der Waals surface area contributed by atoms with Crippen LogP contribution in [0.5, 0.6) is 5.75 Å². The summed E-state index contributed by atoms with van der Waals surface area (Å²) in [4.78, 5) is 13.8. The minimum atomic E-state index is -0.645. The Balaban J connectivity index is 1.25. The highest BCUT2D eigenvalue weighted by molar-refractivity contribution is 6.34. The second-order valence-electron chi connectivity index (χ2n) is 10.8. The highest BCUT2D eigenvalue weighted by atomic mass is 35.5. The van der Waals surface area contributed by atoms with Gasteiger partial charge in [0.05, 0.1) is 11.4 Å². The van der Waals surface area contributed by atoms with Crippen molar-refractivity contribution in [1.29, 1.82) is 0 Å². The summed E-state index contributed by atoms with van der Waals surface area (Å²) >= 11 is 6.40. The number of nitrogens with zero attached hydrogens (tertiary/aromatic N) is 3. The van der Waals surface area contributed by atoms with Gasteiger partial charge in [-0.2, -0.15) is 5.10 Å². The number of carboxylic acids is 1. The van der Waals surface area contributed by atoms with E-state index in [1.54, 1.807) is 0 Å². The minimum absolute atomic E-state index is 0.192. The Hall–Kier alpha value is -2.83. The molecule has 196 valence electrons. The van der Waals surface area contributed by atoms with Crippen LogP contribution >= 0.6 is 11.6 Å². The molecule has 2 aromatic carbocycles. The lowest BCUT2D eigenvalue weighted by atomic mass is 9.86. The van der Waals surface area contributed by atoms with Crippen LogP contribution in [-0.2, 0) is 17.8 Å². The second kappa shape index (κ2) is 10.9. The van der Waals surface area contributed by atoms with Gasteiger partial charge in [-0.05, 0) is 112 Å². The number of halogens is 1. The first kappa shape index (κ1) is 25.8. The van der Waals surface area contributed by atoms with E-state index in [-0.39, 0.29) is 12.0 Å². The highest BCUT2D eigenvalue weighted by Crippen LogP contribution is 2.34. The Labute approximate surface area is 223 Å². The molecular weight excluding hydrogens is 486 g/mol. The van der Waals surface area contributed by atoms with Crippen LogP contribution in [0.3, 0.4) is 0 Å². The minimum Gasteiger partial charge on any atom is -0.489 e. The molecular formula is C30H36ClN3O3. The van der Waals surface area contributed by atoms with Gasteiger partial charge in [0.1, 0.15) is 12.4 Å². The zero-order valence-corrected chi connectivity index (χ0v) is 22.7. The standard InChI is InChI=1S/C30H36ClN3O3/c1-19(2)34-28-11-6-21(15-27(28)29(31)32-34)18-37-25-9-10-26-20(3)24(8-7-23(26)16-25)17-33-13-4-5-22(12-14-33)30(35)36/h6,9-11,15-16,19,22H,4-5,7-8,12-14,17-18H2,1-3H3,(H,35,36). The molecule has 37 heavy (non-hydrogen) atoms. The van der Waals surface area contributed by atoms with Crippen LogP contribution in [0.1, 0.15) is 69.2 Å². The SMILES string of the molecule is CC1=C(CN2CCCC(C(=O)O)CC2)CCc2cc(OCc3ccc4c(c3)c(Cl)nn4C(C)C)ccc21. The highest BCUT2D eigenvalue weighted by Gasteiger charge is 2.24. The van der Waals surface area contributed by atoms with Crippen molar-refractivity contribution < 1.29 is 14.6 Å². The Morgan fingerprint density at radius 3 is 2.78 bits per heavy atom. The summed E-state index contributed by atoms with van der Waals surface area (Å²) in [5.74, 6) is 0.0435. The van der Waals surface area contributed by atoms with Crippen molar-refractivity contribution in [3.8, 4) is 5.75 Å². The van der Waals surface area contributed by atoms with Crippen LogP contribution < -0.4 is 4.74 Å². The number of carboxylic acid groups (broad SMARTS) is 1. The molecule has 1 unspecified atom stereocenters. The van der Waals surface area contributed by atoms with Gasteiger partial charge in [-0.25, -0.2) is 0 Å². The van der Waals surface area contributed by atoms with E-state index in [0.717, 1.165) is 74.0 Å². The van der Waals surface area contributed by atoms with E-state index in [9.17, 15) is 9.90 Å². The molecule has 1 N–H and O–H groups in total. The quantitative estimate of drug-likeness (QED) is 0.372. The summed E-state index contributed by atoms with van der Waals surface area (Å²) in [6.07, 6.45) is 4.53. The summed E-state index contributed by atoms with van der Waals surface area (Å²) in [6.45, 7) is 9.68. The number of likely N-dealkylation sites (tertiary alicyclic amines) is 1. The molecule has 3 aromatic rings. The molecule has 1 aliphatic heterocycles. The molecule has 1 atom stereocenters. The lowest BCUT2D eigenvalue weighted by Gasteiger charge is -2.27. The molecule has 0 radical (unpaired) electrons. The predicted molar refractivity (Wildman–Crippen MR) is 148 cm³/mol. The molecule has 2 aliphatic rings. The molecule has 7 heteroatoms. The lowest BCUT2D eigenvalue weighted by Crippen LogP contribution is -2.28. The average molecular weight is 522 g/mol. The maximum absolute atomic E-state index is 11.4. The molecule has 0 amide bonds. The van der Waals surface area contributed by atoms with Crippen molar-refractivity contribution in [1.82, 2.24) is 14.7 Å². The van der Waals surface area contributed by atoms with Gasteiger partial charge in [-0.1, -0.05) is 29.3 Å². The van der Waals surface area contributed by atoms with Crippen molar-refractivity contribution in [2.75, 3.05) is 19.6 Å². The number of carbonyl (C=O) groups is 1. The maximum Gasteiger partial charge on any atom is 0.306 e. The van der Waals surface area contributed by atoms with E-state index < -0.39 is 5.97 Å². The molecule has 1 fully saturated rings. The smallest absolute Gasteiger partial charge is 0.306 e. The summed E-state index contributed by atoms with van der Waals surface area (Å²) in [5.41, 5.74) is 7.57. The van der Waals surface area contributed by atoms with E-state index in [2.05, 4.69) is 67.2 Å². The number of aryl methyl sites for hydroxylation is 1. The molecule has 2 heterocycles. The van der Waals surface area contributed by atoms with Crippen LogP contribution in [0.25, 0.3) is 16.5 Å². The topological polar surface area (TPSA) is 67.6 Å². The van der Waals surface area contributed by atoms with Crippen LogP contribution in [0.15, 0.2) is 42.0 Å². The third-order valence-corrected chi connectivity index (χ3v) is 8.19. The normalized spacial score (nSPS) is 18.8. The number of benzene rings is 2. The first-order chi connectivity index (χ1) is 17.8. The van der Waals surface area contributed by atoms with Crippen molar-refractivity contribution >= 4 is 34.0 Å². The van der Waals surface area contributed by atoms with Gasteiger partial charge in [0.25, 0.3) is 0 Å². The van der Waals surface area contributed by atoms with E-state index in [1.807, 2.05) is 4.68 Å². The fourth-order valence-electron chi connectivity index (χ4n) is 5.73. The first-order valence-corrected chi connectivity index (χ1v) is 13.7. The van der Waals surface area contributed by atoms with Crippen molar-refractivity contribution in [3.63, 3.8) is 0 Å². The van der Waals surface area contributed by atoms with Gasteiger partial charge in [0, 0.05) is 18.0 Å². The van der Waals surface area contributed by atoms with Gasteiger partial charge >= 0.3 is 5.97 Å². The number of aliphatic carboxylic acids is 1. The van der Waals surface area contributed by atoms with Crippen LogP contribution in [-0.4, -0.2) is 45.4 Å². The number of rotatable bonds is 7. The lowest BCUT2D eigenvalue weighted by molar-refractivity contribution is -0.142. The van der Waals surface area contributed by atoms with Crippen LogP contribution in [0.4, 0.5) is 0 Å². The monoisotopic (exact) mass is 521 g/mol. The van der Waals surface area contributed by atoms with E-state index >= 15 is 0 Å². The Kier molecular flexibility index (Phi) is 7.59. The van der Waals surface area contributed by atoms with E-state index in [0.29, 0.717) is 11.8 Å². The zero-order chi connectivity index (χ0) is 26.1.